The lowest BCUT2D eigenvalue weighted by molar-refractivity contribution is 0.0577. The molecule has 1 amide bonds. The maximum atomic E-state index is 13.1. The van der Waals surface area contributed by atoms with Crippen molar-refractivity contribution in [3.63, 3.8) is 0 Å². The minimum atomic E-state index is -0.0173. The van der Waals surface area contributed by atoms with E-state index in [1.165, 1.54) is 0 Å². The molecular formula is C23H27N5O3. The van der Waals surface area contributed by atoms with Gasteiger partial charge in [-0.05, 0) is 32.0 Å². The molecule has 0 unspecified atom stereocenters. The third kappa shape index (κ3) is 4.68. The number of hydrogen-bond donors (Lipinski definition) is 0. The van der Waals surface area contributed by atoms with Crippen LogP contribution in [0, 0.1) is 13.8 Å². The lowest BCUT2D eigenvalue weighted by Gasteiger charge is -2.31. The number of nitrogens with zero attached hydrogens (tertiary/aromatic N) is 5. The number of hydrogen-bond acceptors (Lipinski definition) is 6. The largest absolute Gasteiger partial charge is 0.497 e. The third-order valence-electron chi connectivity index (χ3n) is 5.42. The lowest BCUT2D eigenvalue weighted by Crippen LogP contribution is -2.42. The van der Waals surface area contributed by atoms with Crippen molar-refractivity contribution in [3.05, 3.63) is 53.6 Å². The van der Waals surface area contributed by atoms with Crippen molar-refractivity contribution in [2.45, 2.75) is 32.8 Å². The second-order valence-corrected chi connectivity index (χ2v) is 7.77. The highest BCUT2D eigenvalue weighted by molar-refractivity contribution is 5.93. The molecule has 1 aliphatic rings. The van der Waals surface area contributed by atoms with E-state index in [0.29, 0.717) is 30.5 Å². The quantitative estimate of drug-likeness (QED) is 0.629. The number of benzene rings is 1. The number of methoxy groups -OCH3 is 1. The molecular weight excluding hydrogens is 394 g/mol. The van der Waals surface area contributed by atoms with Gasteiger partial charge in [0.1, 0.15) is 23.4 Å². The molecule has 0 bridgehead atoms. The van der Waals surface area contributed by atoms with E-state index in [2.05, 4.69) is 15.1 Å². The number of likely N-dealkylation sites (tertiary alicyclic amines) is 1. The predicted molar refractivity (Wildman–Crippen MR) is 116 cm³/mol. The van der Waals surface area contributed by atoms with Gasteiger partial charge in [0.15, 0.2) is 0 Å². The lowest BCUT2D eigenvalue weighted by atomic mass is 10.1. The van der Waals surface area contributed by atoms with Gasteiger partial charge in [-0.15, -0.1) is 0 Å². The van der Waals surface area contributed by atoms with Crippen LogP contribution in [-0.2, 0) is 7.05 Å². The Hall–Kier alpha value is -3.42. The van der Waals surface area contributed by atoms with E-state index in [1.807, 2.05) is 55.1 Å². The summed E-state index contributed by atoms with van der Waals surface area (Å²) in [6.45, 7) is 5.05. The van der Waals surface area contributed by atoms with Crippen molar-refractivity contribution < 1.29 is 14.3 Å². The fourth-order valence-corrected chi connectivity index (χ4v) is 3.84. The standard InChI is InChI=1S/C23H27N5O3/c1-15-12-22(25-16(2)24-15)31-18-8-10-28(11-9-18)23(29)21-14-20(26-27(21)3)17-6-5-7-19(13-17)30-4/h5-7,12-14,18H,8-11H2,1-4H3. The summed E-state index contributed by atoms with van der Waals surface area (Å²) in [5.41, 5.74) is 3.12. The maximum absolute atomic E-state index is 13.1. The normalized spacial score (nSPS) is 14.5. The Labute approximate surface area is 181 Å². The van der Waals surface area contributed by atoms with Gasteiger partial charge in [-0.1, -0.05) is 12.1 Å². The molecule has 0 N–H and O–H groups in total. The van der Waals surface area contributed by atoms with Crippen molar-refractivity contribution in [1.29, 1.82) is 0 Å². The van der Waals surface area contributed by atoms with Gasteiger partial charge in [0.25, 0.3) is 5.91 Å². The molecule has 162 valence electrons. The maximum Gasteiger partial charge on any atom is 0.272 e. The molecule has 0 atom stereocenters. The fourth-order valence-electron chi connectivity index (χ4n) is 3.84. The Bertz CT molecular complexity index is 1070. The van der Waals surface area contributed by atoms with E-state index in [9.17, 15) is 4.79 Å². The summed E-state index contributed by atoms with van der Waals surface area (Å²) < 4.78 is 13.0. The summed E-state index contributed by atoms with van der Waals surface area (Å²) in [4.78, 5) is 23.6. The minimum absolute atomic E-state index is 0.0173. The van der Waals surface area contributed by atoms with Crippen LogP contribution in [0.25, 0.3) is 11.3 Å². The van der Waals surface area contributed by atoms with Gasteiger partial charge < -0.3 is 14.4 Å². The van der Waals surface area contributed by atoms with Crippen LogP contribution >= 0.6 is 0 Å². The van der Waals surface area contributed by atoms with Crippen LogP contribution in [0.1, 0.15) is 34.8 Å². The van der Waals surface area contributed by atoms with Gasteiger partial charge >= 0.3 is 0 Å². The minimum Gasteiger partial charge on any atom is -0.497 e. The highest BCUT2D eigenvalue weighted by atomic mass is 16.5. The molecule has 0 aliphatic carbocycles. The van der Waals surface area contributed by atoms with Crippen LogP contribution in [0.5, 0.6) is 11.6 Å². The zero-order valence-electron chi connectivity index (χ0n) is 18.3. The molecule has 0 radical (unpaired) electrons. The zero-order chi connectivity index (χ0) is 22.0. The molecule has 1 saturated heterocycles. The van der Waals surface area contributed by atoms with Crippen molar-refractivity contribution in [2.24, 2.45) is 7.05 Å². The van der Waals surface area contributed by atoms with Crippen molar-refractivity contribution in [2.75, 3.05) is 20.2 Å². The van der Waals surface area contributed by atoms with Gasteiger partial charge in [-0.25, -0.2) is 4.98 Å². The number of carbonyl (C=O) groups excluding carboxylic acids is 1. The molecule has 4 rings (SSSR count). The fraction of sp³-hybridized carbons (Fsp3) is 0.391. The number of piperidine rings is 1. The summed E-state index contributed by atoms with van der Waals surface area (Å²) in [7, 11) is 3.43. The second kappa shape index (κ2) is 8.75. The van der Waals surface area contributed by atoms with Crippen LogP contribution in [0.2, 0.25) is 0 Å². The van der Waals surface area contributed by atoms with E-state index >= 15 is 0 Å². The van der Waals surface area contributed by atoms with E-state index < -0.39 is 0 Å². The molecule has 0 saturated carbocycles. The molecule has 8 nitrogen and oxygen atoms in total. The number of aromatic nitrogens is 4. The highest BCUT2D eigenvalue weighted by Crippen LogP contribution is 2.25. The predicted octanol–water partition coefficient (Wildman–Crippen LogP) is 3.19. The Kier molecular flexibility index (Phi) is 5.88. The van der Waals surface area contributed by atoms with Crippen LogP contribution in [0.4, 0.5) is 0 Å². The molecule has 8 heteroatoms. The number of rotatable bonds is 5. The van der Waals surface area contributed by atoms with Gasteiger partial charge in [0.05, 0.1) is 12.8 Å². The van der Waals surface area contributed by atoms with Crippen molar-refractivity contribution in [3.8, 4) is 22.9 Å². The Morgan fingerprint density at radius 3 is 2.58 bits per heavy atom. The van der Waals surface area contributed by atoms with Crippen LogP contribution in [0.3, 0.4) is 0 Å². The smallest absolute Gasteiger partial charge is 0.272 e. The number of amides is 1. The first-order chi connectivity index (χ1) is 14.9. The van der Waals surface area contributed by atoms with E-state index in [4.69, 9.17) is 9.47 Å². The summed E-state index contributed by atoms with van der Waals surface area (Å²) in [6.07, 6.45) is 1.56. The summed E-state index contributed by atoms with van der Waals surface area (Å²) >= 11 is 0. The van der Waals surface area contributed by atoms with Crippen LogP contribution < -0.4 is 9.47 Å². The van der Waals surface area contributed by atoms with Gasteiger partial charge in [-0.3, -0.25) is 9.48 Å². The average Bonchev–Trinajstić information content (AvgIpc) is 3.15. The second-order valence-electron chi connectivity index (χ2n) is 7.77. The molecule has 1 aliphatic heterocycles. The molecule has 1 aromatic carbocycles. The molecule has 1 fully saturated rings. The topological polar surface area (TPSA) is 82.4 Å². The van der Waals surface area contributed by atoms with E-state index in [1.54, 1.807) is 18.8 Å². The zero-order valence-corrected chi connectivity index (χ0v) is 18.3. The van der Waals surface area contributed by atoms with Gasteiger partial charge in [0, 0.05) is 50.3 Å². The first-order valence-corrected chi connectivity index (χ1v) is 10.4. The van der Waals surface area contributed by atoms with Gasteiger partial charge in [0.2, 0.25) is 5.88 Å². The van der Waals surface area contributed by atoms with Gasteiger partial charge in [-0.2, -0.15) is 10.1 Å². The molecule has 3 heterocycles. The molecule has 2 aromatic heterocycles. The van der Waals surface area contributed by atoms with Crippen LogP contribution in [-0.4, -0.2) is 56.9 Å². The van der Waals surface area contributed by atoms with Crippen LogP contribution in [0.15, 0.2) is 36.4 Å². The van der Waals surface area contributed by atoms with Crippen molar-refractivity contribution in [1.82, 2.24) is 24.6 Å². The highest BCUT2D eigenvalue weighted by Gasteiger charge is 2.27. The third-order valence-corrected chi connectivity index (χ3v) is 5.42. The van der Waals surface area contributed by atoms with E-state index in [0.717, 1.165) is 35.5 Å². The van der Waals surface area contributed by atoms with E-state index in [-0.39, 0.29) is 12.0 Å². The number of aryl methyl sites for hydroxylation is 3. The molecule has 31 heavy (non-hydrogen) atoms. The first kappa shape index (κ1) is 20.8. The average molecular weight is 422 g/mol. The number of carbonyl (C=O) groups is 1. The Morgan fingerprint density at radius 2 is 1.87 bits per heavy atom. The molecule has 0 spiro atoms. The summed E-state index contributed by atoms with van der Waals surface area (Å²) in [6, 6.07) is 11.4. The summed E-state index contributed by atoms with van der Waals surface area (Å²) in [5, 5.41) is 4.53. The van der Waals surface area contributed by atoms with Crippen molar-refractivity contribution >= 4 is 5.91 Å². The monoisotopic (exact) mass is 421 g/mol. The Balaban J connectivity index is 1.41. The molecule has 3 aromatic rings. The summed E-state index contributed by atoms with van der Waals surface area (Å²) in [5.74, 6) is 2.04. The first-order valence-electron chi connectivity index (χ1n) is 10.4. The Morgan fingerprint density at radius 1 is 1.10 bits per heavy atom. The number of ether oxygens (including phenoxy) is 2. The SMILES string of the molecule is COc1cccc(-c2cc(C(=O)N3CCC(Oc4cc(C)nc(C)n4)CC3)n(C)n2)c1.